The Bertz CT molecular complexity index is 664. The number of hydrogen-bond donors (Lipinski definition) is 2. The molecule has 1 rings (SSSR count). The predicted octanol–water partition coefficient (Wildman–Crippen LogP) is 3.33. The maximum Gasteiger partial charge on any atom is 0.220 e. The molecule has 26 heavy (non-hydrogen) atoms. The Kier molecular flexibility index (Phi) is 10.5. The van der Waals surface area contributed by atoms with Crippen LogP contribution in [0.2, 0.25) is 5.02 Å². The van der Waals surface area contributed by atoms with Gasteiger partial charge in [0.05, 0.1) is 5.25 Å². The summed E-state index contributed by atoms with van der Waals surface area (Å²) in [7, 11) is -3.24. The first-order valence-corrected chi connectivity index (χ1v) is 11.6. The molecular weight excluding hydrogens is 399 g/mol. The van der Waals surface area contributed by atoms with Gasteiger partial charge in [0.25, 0.3) is 0 Å². The number of carbonyl (C=O) groups excluding carboxylic acids is 1. The minimum atomic E-state index is -3.24. The molecule has 148 valence electrons. The summed E-state index contributed by atoms with van der Waals surface area (Å²) in [5.41, 5.74) is 0.481. The number of rotatable bonds is 12. The second kappa shape index (κ2) is 11.8. The van der Waals surface area contributed by atoms with E-state index in [2.05, 4.69) is 10.0 Å². The normalized spacial score (nSPS) is 11.7. The highest BCUT2D eigenvalue weighted by Gasteiger charge is 2.14. The molecule has 1 amide bonds. The van der Waals surface area contributed by atoms with E-state index in [-0.39, 0.29) is 11.7 Å². The quantitative estimate of drug-likeness (QED) is 0.504. The molecule has 0 saturated heterocycles. The first-order valence-electron chi connectivity index (χ1n) is 8.50. The van der Waals surface area contributed by atoms with Crippen LogP contribution in [0.25, 0.3) is 0 Å². The van der Waals surface area contributed by atoms with Gasteiger partial charge in [0.1, 0.15) is 5.82 Å². The molecule has 0 aliphatic heterocycles. The number of hydrogen-bond acceptors (Lipinski definition) is 4. The van der Waals surface area contributed by atoms with Crippen LogP contribution in [0.5, 0.6) is 0 Å². The van der Waals surface area contributed by atoms with Gasteiger partial charge in [0, 0.05) is 41.6 Å². The molecule has 0 aliphatic carbocycles. The summed E-state index contributed by atoms with van der Waals surface area (Å²) in [6, 6.07) is 4.61. The lowest BCUT2D eigenvalue weighted by molar-refractivity contribution is -0.121. The largest absolute Gasteiger partial charge is 0.355 e. The molecule has 0 atom stereocenters. The fourth-order valence-corrected chi connectivity index (χ4v) is 3.95. The number of amides is 1. The lowest BCUT2D eigenvalue weighted by Crippen LogP contribution is -2.31. The average Bonchev–Trinajstić information content (AvgIpc) is 2.56. The molecule has 0 bridgehead atoms. The molecule has 9 heteroatoms. The molecule has 5 nitrogen and oxygen atoms in total. The number of halogens is 2. The third-order valence-corrected chi connectivity index (χ3v) is 6.82. The minimum absolute atomic E-state index is 0.0683. The second-order valence-electron chi connectivity index (χ2n) is 6.05. The van der Waals surface area contributed by atoms with E-state index >= 15 is 0 Å². The van der Waals surface area contributed by atoms with Crippen molar-refractivity contribution in [3.05, 3.63) is 34.6 Å². The molecule has 0 spiro atoms. The van der Waals surface area contributed by atoms with Crippen LogP contribution < -0.4 is 10.0 Å². The van der Waals surface area contributed by atoms with Crippen molar-refractivity contribution >= 4 is 39.3 Å². The van der Waals surface area contributed by atoms with Gasteiger partial charge in [0.15, 0.2) is 0 Å². The molecule has 0 aromatic heterocycles. The van der Waals surface area contributed by atoms with Crippen molar-refractivity contribution in [2.24, 2.45) is 0 Å². The van der Waals surface area contributed by atoms with Crippen LogP contribution in [0.3, 0.4) is 0 Å². The van der Waals surface area contributed by atoms with E-state index in [1.165, 1.54) is 17.8 Å². The predicted molar refractivity (Wildman–Crippen MR) is 106 cm³/mol. The van der Waals surface area contributed by atoms with Crippen molar-refractivity contribution in [3.8, 4) is 0 Å². The number of thioether (sulfide) groups is 1. The van der Waals surface area contributed by atoms with Crippen LogP contribution in [-0.4, -0.2) is 38.4 Å². The van der Waals surface area contributed by atoms with Gasteiger partial charge in [-0.3, -0.25) is 4.79 Å². The van der Waals surface area contributed by atoms with Gasteiger partial charge in [-0.05, 0) is 38.8 Å². The van der Waals surface area contributed by atoms with Gasteiger partial charge in [-0.1, -0.05) is 17.7 Å². The molecule has 0 radical (unpaired) electrons. The summed E-state index contributed by atoms with van der Waals surface area (Å²) >= 11 is 7.45. The smallest absolute Gasteiger partial charge is 0.220 e. The Morgan fingerprint density at radius 2 is 2.00 bits per heavy atom. The Morgan fingerprint density at radius 1 is 1.27 bits per heavy atom. The van der Waals surface area contributed by atoms with Crippen LogP contribution in [0.1, 0.15) is 38.7 Å². The van der Waals surface area contributed by atoms with Crippen LogP contribution in [0.4, 0.5) is 4.39 Å². The van der Waals surface area contributed by atoms with Crippen LogP contribution in [-0.2, 0) is 20.6 Å². The summed E-state index contributed by atoms with van der Waals surface area (Å²) in [5, 5.41) is 2.75. The molecule has 2 N–H and O–H groups in total. The monoisotopic (exact) mass is 424 g/mol. The average molecular weight is 425 g/mol. The summed E-state index contributed by atoms with van der Waals surface area (Å²) in [4.78, 5) is 11.7. The highest BCUT2D eigenvalue weighted by molar-refractivity contribution is 7.98. The lowest BCUT2D eigenvalue weighted by Gasteiger charge is -2.09. The third kappa shape index (κ3) is 8.70. The molecule has 1 aromatic carbocycles. The van der Waals surface area contributed by atoms with Gasteiger partial charge in [-0.15, -0.1) is 0 Å². The number of benzene rings is 1. The fourth-order valence-electron chi connectivity index (χ4n) is 1.99. The highest BCUT2D eigenvalue weighted by atomic mass is 35.5. The van der Waals surface area contributed by atoms with Crippen molar-refractivity contribution in [1.82, 2.24) is 10.0 Å². The molecule has 1 aromatic rings. The van der Waals surface area contributed by atoms with E-state index in [9.17, 15) is 17.6 Å². The summed E-state index contributed by atoms with van der Waals surface area (Å²) in [6.07, 6.45) is 1.58. The van der Waals surface area contributed by atoms with Crippen LogP contribution >= 0.6 is 23.4 Å². The van der Waals surface area contributed by atoms with Crippen LogP contribution in [0, 0.1) is 5.82 Å². The van der Waals surface area contributed by atoms with Crippen molar-refractivity contribution in [2.45, 2.75) is 44.1 Å². The third-order valence-electron chi connectivity index (χ3n) is 3.63. The number of carbonyl (C=O) groups is 1. The maximum atomic E-state index is 13.6. The van der Waals surface area contributed by atoms with E-state index < -0.39 is 15.3 Å². The van der Waals surface area contributed by atoms with Crippen molar-refractivity contribution in [1.29, 1.82) is 0 Å². The molecule has 0 heterocycles. The molecular formula is C17H26ClFN2O3S2. The van der Waals surface area contributed by atoms with Crippen LogP contribution in [0.15, 0.2) is 18.2 Å². The standard InChI is InChI=1S/C17H26ClFN2O3S2/c1-13(2)26(23,24)21-9-4-3-8-17(22)20-10-11-25-12-14-15(18)6-5-7-16(14)19/h5-7,13,21H,3-4,8-12H2,1-2H3,(H,20,22). The summed E-state index contributed by atoms with van der Waals surface area (Å²) in [6.45, 7) is 4.07. The minimum Gasteiger partial charge on any atom is -0.355 e. The van der Waals surface area contributed by atoms with Crippen molar-refractivity contribution < 1.29 is 17.6 Å². The van der Waals surface area contributed by atoms with Gasteiger partial charge in [0.2, 0.25) is 15.9 Å². The molecule has 0 unspecified atom stereocenters. The lowest BCUT2D eigenvalue weighted by atomic mass is 10.2. The number of unbranched alkanes of at least 4 members (excludes halogenated alkanes) is 1. The molecule has 0 fully saturated rings. The Balaban J connectivity index is 2.09. The zero-order valence-electron chi connectivity index (χ0n) is 15.1. The Hall–Kier alpha value is -0.830. The molecule has 0 aliphatic rings. The first-order chi connectivity index (χ1) is 12.2. The SMILES string of the molecule is CC(C)S(=O)(=O)NCCCCC(=O)NCCSCc1c(F)cccc1Cl. The summed E-state index contributed by atoms with van der Waals surface area (Å²) < 4.78 is 39.2. The van der Waals surface area contributed by atoms with E-state index in [1.807, 2.05) is 0 Å². The molecule has 0 saturated carbocycles. The maximum absolute atomic E-state index is 13.6. The van der Waals surface area contributed by atoms with E-state index in [0.717, 1.165) is 0 Å². The number of sulfonamides is 1. The van der Waals surface area contributed by atoms with Crippen molar-refractivity contribution in [2.75, 3.05) is 18.8 Å². The first kappa shape index (κ1) is 23.2. The van der Waals surface area contributed by atoms with E-state index in [1.54, 1.807) is 26.0 Å². The van der Waals surface area contributed by atoms with Crippen molar-refractivity contribution in [3.63, 3.8) is 0 Å². The topological polar surface area (TPSA) is 75.3 Å². The van der Waals surface area contributed by atoms with E-state index in [0.29, 0.717) is 54.4 Å². The zero-order valence-corrected chi connectivity index (χ0v) is 17.4. The van der Waals surface area contributed by atoms with E-state index in [4.69, 9.17) is 11.6 Å². The van der Waals surface area contributed by atoms with Gasteiger partial charge >= 0.3 is 0 Å². The van der Waals surface area contributed by atoms with Gasteiger partial charge in [-0.25, -0.2) is 17.5 Å². The summed E-state index contributed by atoms with van der Waals surface area (Å²) in [5.74, 6) is 0.727. The Labute approximate surface area is 164 Å². The highest BCUT2D eigenvalue weighted by Crippen LogP contribution is 2.23. The zero-order chi connectivity index (χ0) is 19.6. The fraction of sp³-hybridized carbons (Fsp3) is 0.588. The Morgan fingerprint density at radius 3 is 2.65 bits per heavy atom. The van der Waals surface area contributed by atoms with Gasteiger partial charge < -0.3 is 5.32 Å². The second-order valence-corrected chi connectivity index (χ2v) is 9.88. The van der Waals surface area contributed by atoms with Gasteiger partial charge in [-0.2, -0.15) is 11.8 Å². The number of nitrogens with one attached hydrogen (secondary N) is 2.